The number of benzene rings is 3. The largest absolute Gasteiger partial charge is 0.338 e. The fourth-order valence-corrected chi connectivity index (χ4v) is 5.95. The topological polar surface area (TPSA) is 87.1 Å². The zero-order valence-electron chi connectivity index (χ0n) is 23.6. The van der Waals surface area contributed by atoms with Crippen molar-refractivity contribution >= 4 is 46.5 Å². The Kier molecular flexibility index (Phi) is 8.00. The lowest BCUT2D eigenvalue weighted by Gasteiger charge is -2.39. The Morgan fingerprint density at radius 3 is 2.47 bits per heavy atom. The van der Waals surface area contributed by atoms with Crippen molar-refractivity contribution in [3.63, 3.8) is 0 Å². The number of hydrogen-bond acceptors (Lipinski definition) is 5. The molecule has 0 saturated carbocycles. The maximum Gasteiger partial charge on any atom is 0.331 e. The molecule has 3 aromatic carbocycles. The number of fused-ring (bicyclic) bond motifs is 3. The first-order valence-electron chi connectivity index (χ1n) is 13.9. The van der Waals surface area contributed by atoms with Gasteiger partial charge in [0.25, 0.3) is 5.91 Å². The summed E-state index contributed by atoms with van der Waals surface area (Å²) in [5.41, 5.74) is 3.52. The molecule has 3 N–H and O–H groups in total. The first kappa shape index (κ1) is 29.3. The van der Waals surface area contributed by atoms with E-state index in [0.717, 1.165) is 18.5 Å². The Hall–Kier alpha value is -3.76. The van der Waals surface area contributed by atoms with Crippen molar-refractivity contribution < 1.29 is 18.9 Å². The van der Waals surface area contributed by atoms with Crippen molar-refractivity contribution in [1.82, 2.24) is 20.2 Å². The number of halogens is 4. The molecule has 11 heteroatoms. The second-order valence-electron chi connectivity index (χ2n) is 11.0. The SMILES string of the molecule is CNC1(C)CCN(C(=O)c2ccc([NH2+]c3ncc4c(n3)-c3ccc(Cl)cc3C(c3c(F)cccc3F)=NC4)cc2Cl)CC1. The molecule has 0 radical (unpaired) electrons. The molecule has 7 nitrogen and oxygen atoms in total. The molecule has 0 bridgehead atoms. The molecule has 2 aliphatic heterocycles. The smallest absolute Gasteiger partial charge is 0.331 e. The predicted molar refractivity (Wildman–Crippen MR) is 163 cm³/mol. The fourth-order valence-electron chi connectivity index (χ4n) is 5.51. The number of likely N-dealkylation sites (tertiary alicyclic amines) is 1. The van der Waals surface area contributed by atoms with Crippen LogP contribution >= 0.6 is 23.2 Å². The summed E-state index contributed by atoms with van der Waals surface area (Å²) in [4.78, 5) is 28.9. The van der Waals surface area contributed by atoms with Crippen molar-refractivity contribution in [1.29, 1.82) is 0 Å². The molecule has 4 aromatic rings. The van der Waals surface area contributed by atoms with Gasteiger partial charge >= 0.3 is 5.95 Å². The van der Waals surface area contributed by atoms with Gasteiger partial charge in [-0.2, -0.15) is 9.97 Å². The number of aliphatic imine (C=N–C) groups is 1. The van der Waals surface area contributed by atoms with Gasteiger partial charge in [0.05, 0.1) is 34.1 Å². The number of carbonyl (C=O) groups excluding carboxylic acids is 1. The normalized spacial score (nSPS) is 15.8. The van der Waals surface area contributed by atoms with E-state index >= 15 is 0 Å². The Balaban J connectivity index is 1.28. The molecule has 6 rings (SSSR count). The number of aromatic nitrogens is 2. The van der Waals surface area contributed by atoms with Crippen LogP contribution in [0, 0.1) is 11.6 Å². The van der Waals surface area contributed by atoms with Crippen molar-refractivity contribution in [2.75, 3.05) is 20.1 Å². The number of piperidine rings is 1. The Morgan fingerprint density at radius 2 is 1.77 bits per heavy atom. The highest BCUT2D eigenvalue weighted by Gasteiger charge is 2.31. The first-order valence-corrected chi connectivity index (χ1v) is 14.7. The van der Waals surface area contributed by atoms with Gasteiger partial charge in [0.15, 0.2) is 0 Å². The highest BCUT2D eigenvalue weighted by Crippen LogP contribution is 2.34. The Morgan fingerprint density at radius 1 is 1.02 bits per heavy atom. The Bertz CT molecular complexity index is 1750. The number of nitrogens with two attached hydrogens (primary N) is 1. The molecule has 1 aromatic heterocycles. The average molecular weight is 623 g/mol. The lowest BCUT2D eigenvalue weighted by Crippen LogP contribution is -2.72. The standard InChI is InChI=1S/C32H28Cl2F2N6O/c1-32(37-2)10-12-42(13-11-32)30(43)22-9-7-20(15-24(22)34)40-31-39-17-18-16-38-29(27-25(35)4-3-5-26(27)36)23-14-19(33)6-8-21(23)28(18)41-31/h3-9,14-15,17,37H,10-13,16H2,1-2H3,(H,39,40,41)/p+1. The lowest BCUT2D eigenvalue weighted by atomic mass is 9.89. The molecule has 0 atom stereocenters. The first-order chi connectivity index (χ1) is 20.7. The van der Waals surface area contributed by atoms with E-state index in [0.29, 0.717) is 57.0 Å². The summed E-state index contributed by atoms with van der Waals surface area (Å²) < 4.78 is 29.7. The third-order valence-electron chi connectivity index (χ3n) is 8.26. The molecular formula is C32H29Cl2F2N6O+. The van der Waals surface area contributed by atoms with Crippen LogP contribution < -0.4 is 10.6 Å². The van der Waals surface area contributed by atoms with E-state index < -0.39 is 11.6 Å². The number of nitrogens with one attached hydrogen (secondary N) is 1. The van der Waals surface area contributed by atoms with Crippen LogP contribution in [-0.2, 0) is 6.54 Å². The number of quaternary nitrogens is 1. The quantitative estimate of drug-likeness (QED) is 0.275. The summed E-state index contributed by atoms with van der Waals surface area (Å²) in [5, 5.41) is 5.85. The number of nitrogens with zero attached hydrogens (tertiary/aromatic N) is 4. The molecular weight excluding hydrogens is 593 g/mol. The molecule has 0 spiro atoms. The average Bonchev–Trinajstić information content (AvgIpc) is 3.14. The maximum atomic E-state index is 14.8. The number of amides is 1. The van der Waals surface area contributed by atoms with E-state index in [4.69, 9.17) is 28.2 Å². The van der Waals surface area contributed by atoms with Crippen molar-refractivity contribution in [2.24, 2.45) is 4.99 Å². The van der Waals surface area contributed by atoms with Crippen LogP contribution in [0.15, 0.2) is 65.8 Å². The van der Waals surface area contributed by atoms with Gasteiger partial charge in [0.1, 0.15) is 17.3 Å². The third-order valence-corrected chi connectivity index (χ3v) is 8.81. The third kappa shape index (κ3) is 5.78. The highest BCUT2D eigenvalue weighted by molar-refractivity contribution is 6.34. The van der Waals surface area contributed by atoms with E-state index in [1.165, 1.54) is 18.2 Å². The van der Waals surface area contributed by atoms with Crippen LogP contribution in [-0.4, -0.2) is 52.2 Å². The summed E-state index contributed by atoms with van der Waals surface area (Å²) in [6.45, 7) is 3.60. The van der Waals surface area contributed by atoms with E-state index in [-0.39, 0.29) is 29.3 Å². The van der Waals surface area contributed by atoms with Crippen LogP contribution in [0.4, 0.5) is 20.4 Å². The van der Waals surface area contributed by atoms with Crippen molar-refractivity contribution in [3.05, 3.63) is 105 Å². The predicted octanol–water partition coefficient (Wildman–Crippen LogP) is 5.82. The van der Waals surface area contributed by atoms with E-state index in [1.54, 1.807) is 41.8 Å². The van der Waals surface area contributed by atoms with Gasteiger partial charge in [-0.25, -0.2) is 14.1 Å². The summed E-state index contributed by atoms with van der Waals surface area (Å²) >= 11 is 12.9. The highest BCUT2D eigenvalue weighted by atomic mass is 35.5. The van der Waals surface area contributed by atoms with Crippen LogP contribution in [0.5, 0.6) is 0 Å². The van der Waals surface area contributed by atoms with Gasteiger partial charge in [-0.3, -0.25) is 9.79 Å². The van der Waals surface area contributed by atoms with Gasteiger partial charge in [0.2, 0.25) is 0 Å². The molecule has 1 amide bonds. The number of carbonyl (C=O) groups is 1. The summed E-state index contributed by atoms with van der Waals surface area (Å²) in [6, 6.07) is 14.1. The molecule has 43 heavy (non-hydrogen) atoms. The molecule has 220 valence electrons. The van der Waals surface area contributed by atoms with E-state index in [2.05, 4.69) is 22.2 Å². The van der Waals surface area contributed by atoms with Crippen LogP contribution in [0.25, 0.3) is 11.3 Å². The molecule has 0 unspecified atom stereocenters. The minimum Gasteiger partial charge on any atom is -0.338 e. The van der Waals surface area contributed by atoms with Crippen molar-refractivity contribution in [2.45, 2.75) is 31.8 Å². The monoisotopic (exact) mass is 621 g/mol. The van der Waals surface area contributed by atoms with E-state index in [9.17, 15) is 13.6 Å². The lowest BCUT2D eigenvalue weighted by molar-refractivity contribution is -0.487. The molecule has 1 saturated heterocycles. The van der Waals surface area contributed by atoms with Crippen LogP contribution in [0.1, 0.15) is 46.8 Å². The molecule has 0 aliphatic carbocycles. The minimum atomic E-state index is -0.716. The summed E-state index contributed by atoms with van der Waals surface area (Å²) in [6.07, 6.45) is 3.39. The summed E-state index contributed by atoms with van der Waals surface area (Å²) in [5.74, 6) is -1.12. The molecule has 3 heterocycles. The maximum absolute atomic E-state index is 14.8. The second kappa shape index (κ2) is 11.7. The zero-order valence-corrected chi connectivity index (χ0v) is 25.1. The van der Waals surface area contributed by atoms with Gasteiger partial charge < -0.3 is 10.2 Å². The molecule has 1 fully saturated rings. The molecule has 2 aliphatic rings. The van der Waals surface area contributed by atoms with Crippen LogP contribution in [0.3, 0.4) is 0 Å². The van der Waals surface area contributed by atoms with Crippen molar-refractivity contribution in [3.8, 4) is 11.3 Å². The zero-order chi connectivity index (χ0) is 30.3. The number of hydrogen-bond donors (Lipinski definition) is 2. The Labute approximate surface area is 258 Å². The van der Waals surface area contributed by atoms with Crippen LogP contribution in [0.2, 0.25) is 10.0 Å². The minimum absolute atomic E-state index is 0.0294. The van der Waals surface area contributed by atoms with Gasteiger partial charge in [-0.1, -0.05) is 35.3 Å². The number of rotatable bonds is 5. The van der Waals surface area contributed by atoms with E-state index in [1.807, 2.05) is 18.0 Å². The summed E-state index contributed by atoms with van der Waals surface area (Å²) in [7, 11) is 1.95. The fraction of sp³-hybridized carbons (Fsp3) is 0.250. The van der Waals surface area contributed by atoms with Gasteiger partial charge in [0, 0.05) is 58.7 Å². The van der Waals surface area contributed by atoms with Gasteiger partial charge in [-0.15, -0.1) is 0 Å². The second-order valence-corrected chi connectivity index (χ2v) is 11.9. The van der Waals surface area contributed by atoms with Gasteiger partial charge in [-0.05, 0) is 57.1 Å².